The van der Waals surface area contributed by atoms with Gasteiger partial charge in [0.25, 0.3) is 0 Å². The Morgan fingerprint density at radius 2 is 1.79 bits per heavy atom. The van der Waals surface area contributed by atoms with Crippen molar-refractivity contribution in [3.63, 3.8) is 0 Å². The summed E-state index contributed by atoms with van der Waals surface area (Å²) in [6.45, 7) is 0. The molecule has 0 saturated heterocycles. The summed E-state index contributed by atoms with van der Waals surface area (Å²) in [5.74, 6) is -0.226. The van der Waals surface area contributed by atoms with Gasteiger partial charge in [0.2, 0.25) is 15.9 Å². The average molecular weight is 283 g/mol. The maximum absolute atomic E-state index is 11.9. The third-order valence-corrected chi connectivity index (χ3v) is 4.96. The smallest absolute Gasteiger partial charge is 0.244 e. The van der Waals surface area contributed by atoms with E-state index in [1.54, 1.807) is 12.1 Å². The van der Waals surface area contributed by atoms with Gasteiger partial charge < -0.3 is 11.1 Å². The highest BCUT2D eigenvalue weighted by Crippen LogP contribution is 2.33. The predicted octanol–water partition coefficient (Wildman–Crippen LogP) is 0.367. The van der Waals surface area contributed by atoms with Crippen LogP contribution in [0.2, 0.25) is 0 Å². The number of rotatable bonds is 4. The number of anilines is 1. The van der Waals surface area contributed by atoms with E-state index in [-0.39, 0.29) is 10.8 Å². The van der Waals surface area contributed by atoms with E-state index in [9.17, 15) is 13.2 Å². The fourth-order valence-electron chi connectivity index (χ4n) is 1.54. The molecular formula is C12H17N3O3S. The second kappa shape index (κ2) is 4.59. The Balaban J connectivity index is 2.13. The SMILES string of the molecule is CN(C)S(=O)(=O)c1ccc(NC(=O)C2(N)CC2)cc1. The Labute approximate surface area is 112 Å². The minimum Gasteiger partial charge on any atom is -0.324 e. The molecule has 0 spiro atoms. The number of nitrogens with one attached hydrogen (secondary N) is 1. The first-order chi connectivity index (χ1) is 8.75. The molecule has 0 radical (unpaired) electrons. The van der Waals surface area contributed by atoms with Crippen molar-refractivity contribution < 1.29 is 13.2 Å². The standard InChI is InChI=1S/C12H17N3O3S/c1-15(2)19(17,18)10-5-3-9(4-6-10)14-11(16)12(13)7-8-12/h3-6H,7-8,13H2,1-2H3,(H,14,16). The van der Waals surface area contributed by atoms with Gasteiger partial charge in [-0.15, -0.1) is 0 Å². The van der Waals surface area contributed by atoms with E-state index in [0.717, 1.165) is 4.31 Å². The number of sulfonamides is 1. The van der Waals surface area contributed by atoms with E-state index in [4.69, 9.17) is 5.73 Å². The van der Waals surface area contributed by atoms with E-state index < -0.39 is 15.6 Å². The molecule has 0 bridgehead atoms. The van der Waals surface area contributed by atoms with Gasteiger partial charge in [-0.1, -0.05) is 0 Å². The van der Waals surface area contributed by atoms with Crippen LogP contribution < -0.4 is 11.1 Å². The Bertz CT molecular complexity index is 589. The van der Waals surface area contributed by atoms with E-state index in [1.807, 2.05) is 0 Å². The first kappa shape index (κ1) is 14.0. The first-order valence-corrected chi connectivity index (χ1v) is 7.33. The molecule has 7 heteroatoms. The second-order valence-electron chi connectivity index (χ2n) is 4.92. The van der Waals surface area contributed by atoms with Crippen LogP contribution in [0.25, 0.3) is 0 Å². The topological polar surface area (TPSA) is 92.5 Å². The zero-order valence-electron chi connectivity index (χ0n) is 10.9. The van der Waals surface area contributed by atoms with Gasteiger partial charge in [-0.25, -0.2) is 12.7 Å². The zero-order chi connectivity index (χ0) is 14.3. The van der Waals surface area contributed by atoms with Crippen LogP contribution in [0.4, 0.5) is 5.69 Å². The molecule has 0 aromatic heterocycles. The Hall–Kier alpha value is -1.44. The van der Waals surface area contributed by atoms with Gasteiger partial charge in [-0.3, -0.25) is 4.79 Å². The lowest BCUT2D eigenvalue weighted by Crippen LogP contribution is -2.37. The molecule has 0 aliphatic heterocycles. The molecule has 0 unspecified atom stereocenters. The lowest BCUT2D eigenvalue weighted by atomic mass is 10.2. The number of carbonyl (C=O) groups is 1. The molecule has 1 aromatic carbocycles. The Kier molecular flexibility index (Phi) is 3.38. The van der Waals surface area contributed by atoms with Crippen LogP contribution >= 0.6 is 0 Å². The zero-order valence-corrected chi connectivity index (χ0v) is 11.7. The van der Waals surface area contributed by atoms with E-state index >= 15 is 0 Å². The predicted molar refractivity (Wildman–Crippen MR) is 72.1 cm³/mol. The van der Waals surface area contributed by atoms with Crippen LogP contribution in [0.3, 0.4) is 0 Å². The highest BCUT2D eigenvalue weighted by Gasteiger charge is 2.45. The van der Waals surface area contributed by atoms with E-state index in [1.165, 1.54) is 26.2 Å². The van der Waals surface area contributed by atoms with Gasteiger partial charge in [-0.05, 0) is 37.1 Å². The first-order valence-electron chi connectivity index (χ1n) is 5.89. The van der Waals surface area contributed by atoms with Crippen molar-refractivity contribution in [3.05, 3.63) is 24.3 Å². The molecule has 19 heavy (non-hydrogen) atoms. The van der Waals surface area contributed by atoms with Crippen LogP contribution in [0.1, 0.15) is 12.8 Å². The van der Waals surface area contributed by atoms with Crippen molar-refractivity contribution in [2.75, 3.05) is 19.4 Å². The molecule has 1 aromatic rings. The molecule has 1 fully saturated rings. The van der Waals surface area contributed by atoms with Gasteiger partial charge in [0.15, 0.2) is 0 Å². The van der Waals surface area contributed by atoms with Crippen LogP contribution in [0.15, 0.2) is 29.2 Å². The second-order valence-corrected chi connectivity index (χ2v) is 7.07. The summed E-state index contributed by atoms with van der Waals surface area (Å²) >= 11 is 0. The lowest BCUT2D eigenvalue weighted by Gasteiger charge is -2.13. The van der Waals surface area contributed by atoms with Crippen molar-refractivity contribution in [1.29, 1.82) is 0 Å². The maximum atomic E-state index is 11.9. The number of amides is 1. The number of hydrogen-bond acceptors (Lipinski definition) is 4. The number of nitrogens with two attached hydrogens (primary N) is 1. The number of benzene rings is 1. The third kappa shape index (κ3) is 2.78. The van der Waals surface area contributed by atoms with E-state index in [0.29, 0.717) is 18.5 Å². The summed E-state index contributed by atoms with van der Waals surface area (Å²) in [5.41, 5.74) is 5.56. The largest absolute Gasteiger partial charge is 0.324 e. The maximum Gasteiger partial charge on any atom is 0.244 e. The molecule has 6 nitrogen and oxygen atoms in total. The minimum atomic E-state index is -3.44. The summed E-state index contributed by atoms with van der Waals surface area (Å²) in [6, 6.07) is 6.03. The van der Waals surface area contributed by atoms with Gasteiger partial charge in [0.05, 0.1) is 10.4 Å². The van der Waals surface area contributed by atoms with Crippen molar-refractivity contribution in [2.45, 2.75) is 23.3 Å². The molecular weight excluding hydrogens is 266 g/mol. The van der Waals surface area contributed by atoms with Crippen molar-refractivity contribution in [1.82, 2.24) is 4.31 Å². The Morgan fingerprint density at radius 1 is 1.26 bits per heavy atom. The van der Waals surface area contributed by atoms with Gasteiger partial charge in [-0.2, -0.15) is 0 Å². The number of nitrogens with zero attached hydrogens (tertiary/aromatic N) is 1. The molecule has 0 atom stereocenters. The molecule has 104 valence electrons. The lowest BCUT2D eigenvalue weighted by molar-refractivity contribution is -0.118. The molecule has 1 aliphatic carbocycles. The van der Waals surface area contributed by atoms with Crippen LogP contribution in [0.5, 0.6) is 0 Å². The number of hydrogen-bond donors (Lipinski definition) is 2. The molecule has 1 saturated carbocycles. The molecule has 0 heterocycles. The van der Waals surface area contributed by atoms with Crippen LogP contribution in [0, 0.1) is 0 Å². The summed E-state index contributed by atoms with van der Waals surface area (Å²) < 4.78 is 24.8. The minimum absolute atomic E-state index is 0.185. The monoisotopic (exact) mass is 283 g/mol. The summed E-state index contributed by atoms with van der Waals surface area (Å²) in [5, 5.41) is 2.68. The fourth-order valence-corrected chi connectivity index (χ4v) is 2.44. The number of carbonyl (C=O) groups excluding carboxylic acids is 1. The van der Waals surface area contributed by atoms with Crippen LogP contribution in [-0.4, -0.2) is 38.3 Å². The molecule has 1 amide bonds. The van der Waals surface area contributed by atoms with Crippen molar-refractivity contribution in [2.24, 2.45) is 5.73 Å². The van der Waals surface area contributed by atoms with Crippen molar-refractivity contribution in [3.8, 4) is 0 Å². The quantitative estimate of drug-likeness (QED) is 0.835. The Morgan fingerprint density at radius 3 is 2.21 bits per heavy atom. The molecule has 2 rings (SSSR count). The summed E-state index contributed by atoms with van der Waals surface area (Å²) in [4.78, 5) is 11.9. The van der Waals surface area contributed by atoms with Gasteiger partial charge >= 0.3 is 0 Å². The molecule has 3 N–H and O–H groups in total. The molecule has 1 aliphatic rings. The summed E-state index contributed by atoms with van der Waals surface area (Å²) in [6.07, 6.45) is 1.37. The average Bonchev–Trinajstić information content (AvgIpc) is 3.09. The highest BCUT2D eigenvalue weighted by molar-refractivity contribution is 7.89. The third-order valence-electron chi connectivity index (χ3n) is 3.13. The van der Waals surface area contributed by atoms with Gasteiger partial charge in [0.1, 0.15) is 0 Å². The highest BCUT2D eigenvalue weighted by atomic mass is 32.2. The van der Waals surface area contributed by atoms with Crippen molar-refractivity contribution >= 4 is 21.6 Å². The van der Waals surface area contributed by atoms with E-state index in [2.05, 4.69) is 5.32 Å². The van der Waals surface area contributed by atoms with Crippen LogP contribution in [-0.2, 0) is 14.8 Å². The normalized spacial score (nSPS) is 17.3. The van der Waals surface area contributed by atoms with Gasteiger partial charge in [0, 0.05) is 19.8 Å². The fraction of sp³-hybridized carbons (Fsp3) is 0.417. The summed E-state index contributed by atoms with van der Waals surface area (Å²) in [7, 11) is -0.505.